The summed E-state index contributed by atoms with van der Waals surface area (Å²) in [6.07, 6.45) is 1.82. The summed E-state index contributed by atoms with van der Waals surface area (Å²) in [5.41, 5.74) is 8.76. The largest absolute Gasteiger partial charge is 0.324 e. The quantitative estimate of drug-likeness (QED) is 0.760. The molecule has 0 saturated heterocycles. The van der Waals surface area contributed by atoms with Crippen LogP contribution >= 0.6 is 0 Å². The molecule has 0 aromatic heterocycles. The fraction of sp³-hybridized carbons (Fsp3) is 0.200. The maximum Gasteiger partial charge on any atom is 0.123 e. The van der Waals surface area contributed by atoms with Crippen molar-refractivity contribution in [2.24, 2.45) is 5.73 Å². The third-order valence-corrected chi connectivity index (χ3v) is 4.74. The molecule has 0 heterocycles. The summed E-state index contributed by atoms with van der Waals surface area (Å²) >= 11 is 0. The highest BCUT2D eigenvalue weighted by Gasteiger charge is 2.51. The van der Waals surface area contributed by atoms with Gasteiger partial charge in [0.25, 0.3) is 0 Å². The van der Waals surface area contributed by atoms with Crippen LogP contribution in [0, 0.1) is 5.82 Å². The Kier molecular flexibility index (Phi) is 3.02. The molecule has 3 aromatic rings. The van der Waals surface area contributed by atoms with Gasteiger partial charge in [-0.15, -0.1) is 0 Å². The first-order valence-corrected chi connectivity index (χ1v) is 7.66. The summed E-state index contributed by atoms with van der Waals surface area (Å²) in [5, 5.41) is 2.51. The Labute approximate surface area is 129 Å². The Bertz CT molecular complexity index is 824. The smallest absolute Gasteiger partial charge is 0.123 e. The van der Waals surface area contributed by atoms with Gasteiger partial charge in [0.2, 0.25) is 0 Å². The normalized spacial score (nSPS) is 23.6. The van der Waals surface area contributed by atoms with Crippen molar-refractivity contribution in [1.82, 2.24) is 0 Å². The molecule has 1 aliphatic rings. The molecule has 22 heavy (non-hydrogen) atoms. The molecule has 2 atom stereocenters. The van der Waals surface area contributed by atoms with Gasteiger partial charge in [0.1, 0.15) is 5.82 Å². The second-order valence-electron chi connectivity index (χ2n) is 6.40. The highest BCUT2D eigenvalue weighted by Crippen LogP contribution is 2.51. The van der Waals surface area contributed by atoms with Crippen LogP contribution in [0.15, 0.2) is 66.7 Å². The van der Waals surface area contributed by atoms with E-state index in [9.17, 15) is 4.39 Å². The highest BCUT2D eigenvalue weighted by atomic mass is 19.1. The zero-order valence-corrected chi connectivity index (χ0v) is 12.3. The van der Waals surface area contributed by atoms with Crippen molar-refractivity contribution in [3.05, 3.63) is 83.7 Å². The Morgan fingerprint density at radius 3 is 2.45 bits per heavy atom. The molecule has 2 heteroatoms. The lowest BCUT2D eigenvalue weighted by molar-refractivity contribution is 0.623. The van der Waals surface area contributed by atoms with Crippen LogP contribution in [-0.4, -0.2) is 5.54 Å². The van der Waals surface area contributed by atoms with E-state index in [0.29, 0.717) is 5.92 Å². The minimum Gasteiger partial charge on any atom is -0.324 e. The van der Waals surface area contributed by atoms with Gasteiger partial charge >= 0.3 is 0 Å². The van der Waals surface area contributed by atoms with Crippen LogP contribution in [0.5, 0.6) is 0 Å². The van der Waals surface area contributed by atoms with Gasteiger partial charge in [0.15, 0.2) is 0 Å². The van der Waals surface area contributed by atoms with Crippen molar-refractivity contribution < 1.29 is 4.39 Å². The maximum absolute atomic E-state index is 13.0. The topological polar surface area (TPSA) is 26.0 Å². The third-order valence-electron chi connectivity index (χ3n) is 4.74. The zero-order chi connectivity index (χ0) is 15.2. The molecule has 110 valence electrons. The molecule has 1 aliphatic carbocycles. The number of benzene rings is 3. The van der Waals surface area contributed by atoms with E-state index in [1.165, 1.54) is 28.5 Å². The molecule has 2 N–H and O–H groups in total. The van der Waals surface area contributed by atoms with Gasteiger partial charge < -0.3 is 5.73 Å². The highest BCUT2D eigenvalue weighted by molar-refractivity contribution is 5.83. The first-order valence-electron chi connectivity index (χ1n) is 7.66. The summed E-state index contributed by atoms with van der Waals surface area (Å²) in [4.78, 5) is 0. The zero-order valence-electron chi connectivity index (χ0n) is 12.3. The monoisotopic (exact) mass is 291 g/mol. The molecular weight excluding hydrogens is 273 g/mol. The molecule has 1 nitrogen and oxygen atoms in total. The SMILES string of the molecule is N[C@]1(Cc2ccc3ccccc3c2)C[C@H]1c1ccc(F)cc1. The lowest BCUT2D eigenvalue weighted by atomic mass is 9.97. The van der Waals surface area contributed by atoms with E-state index in [1.54, 1.807) is 0 Å². The van der Waals surface area contributed by atoms with Crippen LogP contribution < -0.4 is 5.73 Å². The summed E-state index contributed by atoms with van der Waals surface area (Å²) < 4.78 is 13.0. The van der Waals surface area contributed by atoms with Crippen molar-refractivity contribution in [3.8, 4) is 0 Å². The van der Waals surface area contributed by atoms with Crippen LogP contribution in [0.4, 0.5) is 4.39 Å². The molecule has 0 radical (unpaired) electrons. The van der Waals surface area contributed by atoms with Crippen molar-refractivity contribution in [2.45, 2.75) is 24.3 Å². The molecule has 1 fully saturated rings. The lowest BCUT2D eigenvalue weighted by Gasteiger charge is -2.13. The van der Waals surface area contributed by atoms with Gasteiger partial charge in [-0.05, 0) is 46.9 Å². The van der Waals surface area contributed by atoms with Gasteiger partial charge in [-0.1, -0.05) is 54.6 Å². The predicted molar refractivity (Wildman–Crippen MR) is 88.3 cm³/mol. The van der Waals surface area contributed by atoms with Crippen molar-refractivity contribution in [1.29, 1.82) is 0 Å². The summed E-state index contributed by atoms with van der Waals surface area (Å²) in [6, 6.07) is 21.7. The summed E-state index contributed by atoms with van der Waals surface area (Å²) in [5.74, 6) is 0.140. The minimum atomic E-state index is -0.194. The number of nitrogens with two attached hydrogens (primary N) is 1. The average molecular weight is 291 g/mol. The first kappa shape index (κ1) is 13.5. The maximum atomic E-state index is 13.0. The van der Waals surface area contributed by atoms with E-state index in [4.69, 9.17) is 5.73 Å². The molecular formula is C20H18FN. The van der Waals surface area contributed by atoms with Crippen molar-refractivity contribution >= 4 is 10.8 Å². The standard InChI is InChI=1S/C20H18FN/c21-18-9-7-16(8-10-18)19-13-20(19,22)12-14-5-6-15-3-1-2-4-17(15)11-14/h1-11,19H,12-13,22H2/t19-,20+/m0/s1. The van der Waals surface area contributed by atoms with Crippen LogP contribution in [0.3, 0.4) is 0 Å². The van der Waals surface area contributed by atoms with Crippen molar-refractivity contribution in [2.75, 3.05) is 0 Å². The molecule has 0 bridgehead atoms. The number of hydrogen-bond donors (Lipinski definition) is 1. The fourth-order valence-electron chi connectivity index (χ4n) is 3.39. The molecule has 0 spiro atoms. The van der Waals surface area contributed by atoms with Gasteiger partial charge in [-0.3, -0.25) is 0 Å². The van der Waals surface area contributed by atoms with Crippen LogP contribution in [0.1, 0.15) is 23.5 Å². The van der Waals surface area contributed by atoms with Gasteiger partial charge in [-0.2, -0.15) is 0 Å². The average Bonchev–Trinajstić information content (AvgIpc) is 3.19. The Morgan fingerprint density at radius 2 is 1.68 bits per heavy atom. The van der Waals surface area contributed by atoms with E-state index >= 15 is 0 Å². The van der Waals surface area contributed by atoms with E-state index in [0.717, 1.165) is 18.4 Å². The number of rotatable bonds is 3. The summed E-state index contributed by atoms with van der Waals surface area (Å²) in [7, 11) is 0. The second kappa shape index (κ2) is 4.92. The fourth-order valence-corrected chi connectivity index (χ4v) is 3.39. The van der Waals surface area contributed by atoms with E-state index < -0.39 is 0 Å². The Morgan fingerprint density at radius 1 is 0.955 bits per heavy atom. The lowest BCUT2D eigenvalue weighted by Crippen LogP contribution is -2.27. The van der Waals surface area contributed by atoms with Gasteiger partial charge in [-0.25, -0.2) is 4.39 Å². The molecule has 0 aliphatic heterocycles. The molecule has 1 saturated carbocycles. The Balaban J connectivity index is 1.56. The molecule has 0 amide bonds. The molecule has 4 rings (SSSR count). The van der Waals surface area contributed by atoms with E-state index in [-0.39, 0.29) is 11.4 Å². The minimum absolute atomic E-state index is 0.193. The van der Waals surface area contributed by atoms with Crippen LogP contribution in [0.2, 0.25) is 0 Å². The van der Waals surface area contributed by atoms with Crippen LogP contribution in [-0.2, 0) is 6.42 Å². The van der Waals surface area contributed by atoms with Crippen molar-refractivity contribution in [3.63, 3.8) is 0 Å². The molecule has 0 unspecified atom stereocenters. The number of fused-ring (bicyclic) bond motifs is 1. The van der Waals surface area contributed by atoms with Crippen LogP contribution in [0.25, 0.3) is 10.8 Å². The first-order chi connectivity index (χ1) is 10.6. The second-order valence-corrected chi connectivity index (χ2v) is 6.40. The molecule has 3 aromatic carbocycles. The Hall–Kier alpha value is -2.19. The number of hydrogen-bond acceptors (Lipinski definition) is 1. The van der Waals surface area contributed by atoms with Gasteiger partial charge in [0, 0.05) is 11.5 Å². The predicted octanol–water partition coefficient (Wildman–Crippen LogP) is 4.41. The summed E-state index contributed by atoms with van der Waals surface area (Å²) in [6.45, 7) is 0. The van der Waals surface area contributed by atoms with E-state index in [1.807, 2.05) is 12.1 Å². The van der Waals surface area contributed by atoms with Gasteiger partial charge in [0.05, 0.1) is 0 Å². The third kappa shape index (κ3) is 2.40. The van der Waals surface area contributed by atoms with E-state index in [2.05, 4.69) is 42.5 Å². The number of halogens is 1.